The lowest BCUT2D eigenvalue weighted by molar-refractivity contribution is -0.125. The molecule has 1 heterocycles. The van der Waals surface area contributed by atoms with E-state index in [1.54, 1.807) is 0 Å². The monoisotopic (exact) mass is 324 g/mol. The Hall–Kier alpha value is -1.26. The highest BCUT2D eigenvalue weighted by molar-refractivity contribution is 6.18. The first-order valence-corrected chi connectivity index (χ1v) is 8.29. The number of rotatable bonds is 4. The Morgan fingerprint density at radius 2 is 2.18 bits per heavy atom. The zero-order valence-corrected chi connectivity index (χ0v) is 14.3. The molecule has 0 aliphatic carbocycles. The summed E-state index contributed by atoms with van der Waals surface area (Å²) < 4.78 is 0. The normalized spacial score (nSPS) is 16.1. The van der Waals surface area contributed by atoms with Gasteiger partial charge in [0.15, 0.2) is 0 Å². The van der Waals surface area contributed by atoms with Crippen molar-refractivity contribution in [2.45, 2.75) is 39.7 Å². The van der Waals surface area contributed by atoms with E-state index in [1.807, 2.05) is 37.8 Å². The molecule has 4 nitrogen and oxygen atoms in total. The SMILES string of the molecule is CC(C)(C)C(=O)N1CCCc2cc(NCC(O)CCl)ccc21. The zero-order valence-electron chi connectivity index (χ0n) is 13.5. The van der Waals surface area contributed by atoms with Crippen molar-refractivity contribution >= 4 is 28.9 Å². The van der Waals surface area contributed by atoms with Gasteiger partial charge < -0.3 is 15.3 Å². The molecule has 2 N–H and O–H groups in total. The summed E-state index contributed by atoms with van der Waals surface area (Å²) in [6.07, 6.45) is 1.39. The van der Waals surface area contributed by atoms with E-state index in [4.69, 9.17) is 11.6 Å². The van der Waals surface area contributed by atoms with Gasteiger partial charge in [-0.25, -0.2) is 0 Å². The van der Waals surface area contributed by atoms with E-state index in [2.05, 4.69) is 11.4 Å². The number of alkyl halides is 1. The first-order chi connectivity index (χ1) is 10.3. The molecule has 0 fully saturated rings. The van der Waals surface area contributed by atoms with E-state index in [0.29, 0.717) is 6.54 Å². The number of benzene rings is 1. The number of fused-ring (bicyclic) bond motifs is 1. The fourth-order valence-electron chi connectivity index (χ4n) is 2.61. The summed E-state index contributed by atoms with van der Waals surface area (Å²) in [5, 5.41) is 12.7. The van der Waals surface area contributed by atoms with Crippen LogP contribution in [0.25, 0.3) is 0 Å². The highest BCUT2D eigenvalue weighted by Crippen LogP contribution is 2.32. The number of aliphatic hydroxyl groups excluding tert-OH is 1. The Labute approximate surface area is 137 Å². The second-order valence-corrected chi connectivity index (χ2v) is 7.15. The number of halogens is 1. The van der Waals surface area contributed by atoms with Crippen LogP contribution in [-0.4, -0.2) is 36.1 Å². The summed E-state index contributed by atoms with van der Waals surface area (Å²) in [5.41, 5.74) is 2.76. The number of hydrogen-bond acceptors (Lipinski definition) is 3. The van der Waals surface area contributed by atoms with Crippen LogP contribution in [0.5, 0.6) is 0 Å². The molecular formula is C17H25ClN2O2. The van der Waals surface area contributed by atoms with E-state index in [0.717, 1.165) is 30.8 Å². The Morgan fingerprint density at radius 3 is 2.82 bits per heavy atom. The molecule has 1 unspecified atom stereocenters. The molecule has 0 bridgehead atoms. The highest BCUT2D eigenvalue weighted by Gasteiger charge is 2.30. The molecular weight excluding hydrogens is 300 g/mol. The van der Waals surface area contributed by atoms with E-state index in [1.165, 1.54) is 5.56 Å². The van der Waals surface area contributed by atoms with Crippen LogP contribution in [0, 0.1) is 5.41 Å². The molecule has 0 spiro atoms. The number of anilines is 2. The van der Waals surface area contributed by atoms with Crippen LogP contribution in [0.15, 0.2) is 18.2 Å². The summed E-state index contributed by atoms with van der Waals surface area (Å²) in [6, 6.07) is 6.01. The number of nitrogens with zero attached hydrogens (tertiary/aromatic N) is 1. The maximum atomic E-state index is 12.6. The number of carbonyl (C=O) groups excluding carboxylic acids is 1. The van der Waals surface area contributed by atoms with Crippen molar-refractivity contribution in [1.29, 1.82) is 0 Å². The van der Waals surface area contributed by atoms with Crippen molar-refractivity contribution in [3.63, 3.8) is 0 Å². The van der Waals surface area contributed by atoms with Gasteiger partial charge in [-0.3, -0.25) is 4.79 Å². The minimum atomic E-state index is -0.559. The number of carbonyl (C=O) groups is 1. The van der Waals surface area contributed by atoms with Gasteiger partial charge in [0.05, 0.1) is 12.0 Å². The topological polar surface area (TPSA) is 52.6 Å². The first kappa shape index (κ1) is 17.1. The van der Waals surface area contributed by atoms with Crippen LogP contribution in [0.2, 0.25) is 0 Å². The van der Waals surface area contributed by atoms with E-state index >= 15 is 0 Å². The molecule has 122 valence electrons. The molecule has 2 rings (SSSR count). The fourth-order valence-corrected chi connectivity index (χ4v) is 2.72. The van der Waals surface area contributed by atoms with Crippen molar-refractivity contribution in [1.82, 2.24) is 0 Å². The van der Waals surface area contributed by atoms with E-state index in [-0.39, 0.29) is 17.2 Å². The van der Waals surface area contributed by atoms with Crippen LogP contribution in [0.4, 0.5) is 11.4 Å². The van der Waals surface area contributed by atoms with Crippen molar-refractivity contribution in [3.8, 4) is 0 Å². The third-order valence-corrected chi connectivity index (χ3v) is 4.16. The second kappa shape index (κ2) is 6.88. The van der Waals surface area contributed by atoms with Gasteiger partial charge in [-0.1, -0.05) is 20.8 Å². The average Bonchev–Trinajstić information content (AvgIpc) is 2.50. The Morgan fingerprint density at radius 1 is 1.45 bits per heavy atom. The smallest absolute Gasteiger partial charge is 0.232 e. The summed E-state index contributed by atoms with van der Waals surface area (Å²) in [5.74, 6) is 0.373. The molecule has 1 aliphatic rings. The van der Waals surface area contributed by atoms with Crippen LogP contribution >= 0.6 is 11.6 Å². The highest BCUT2D eigenvalue weighted by atomic mass is 35.5. The molecule has 1 atom stereocenters. The lowest BCUT2D eigenvalue weighted by atomic mass is 9.92. The molecule has 0 aromatic heterocycles. The predicted octanol–water partition coefficient (Wildman–Crippen LogP) is 3.02. The second-order valence-electron chi connectivity index (χ2n) is 6.84. The Bertz CT molecular complexity index is 540. The zero-order chi connectivity index (χ0) is 16.3. The number of aliphatic hydroxyl groups is 1. The quantitative estimate of drug-likeness (QED) is 0.837. The van der Waals surface area contributed by atoms with Gasteiger partial charge in [0.1, 0.15) is 0 Å². The Kier molecular flexibility index (Phi) is 5.35. The lowest BCUT2D eigenvalue weighted by Gasteiger charge is -2.34. The molecule has 1 amide bonds. The predicted molar refractivity (Wildman–Crippen MR) is 91.8 cm³/mol. The van der Waals surface area contributed by atoms with Gasteiger partial charge in [0.25, 0.3) is 0 Å². The molecule has 0 radical (unpaired) electrons. The van der Waals surface area contributed by atoms with Gasteiger partial charge in [-0.05, 0) is 36.6 Å². The summed E-state index contributed by atoms with van der Waals surface area (Å²) in [7, 11) is 0. The summed E-state index contributed by atoms with van der Waals surface area (Å²) >= 11 is 5.60. The van der Waals surface area contributed by atoms with Crippen molar-refractivity contribution in [2.24, 2.45) is 5.41 Å². The lowest BCUT2D eigenvalue weighted by Crippen LogP contribution is -2.42. The molecule has 1 aromatic rings. The molecule has 1 aliphatic heterocycles. The third kappa shape index (κ3) is 3.93. The van der Waals surface area contributed by atoms with Crippen LogP contribution in [0.3, 0.4) is 0 Å². The van der Waals surface area contributed by atoms with E-state index < -0.39 is 6.10 Å². The Balaban J connectivity index is 2.18. The van der Waals surface area contributed by atoms with Gasteiger partial charge >= 0.3 is 0 Å². The van der Waals surface area contributed by atoms with Crippen molar-refractivity contribution in [3.05, 3.63) is 23.8 Å². The molecule has 0 saturated carbocycles. The van der Waals surface area contributed by atoms with E-state index in [9.17, 15) is 9.90 Å². The maximum absolute atomic E-state index is 12.6. The minimum Gasteiger partial charge on any atom is -0.390 e. The van der Waals surface area contributed by atoms with Crippen LogP contribution in [0.1, 0.15) is 32.8 Å². The largest absolute Gasteiger partial charge is 0.390 e. The minimum absolute atomic E-state index is 0.159. The summed E-state index contributed by atoms with van der Waals surface area (Å²) in [6.45, 7) is 7.06. The fraction of sp³-hybridized carbons (Fsp3) is 0.588. The first-order valence-electron chi connectivity index (χ1n) is 7.75. The number of amides is 1. The van der Waals surface area contributed by atoms with Gasteiger partial charge in [0, 0.05) is 29.9 Å². The third-order valence-electron chi connectivity index (χ3n) is 3.80. The van der Waals surface area contributed by atoms with Gasteiger partial charge in [-0.2, -0.15) is 0 Å². The average molecular weight is 325 g/mol. The van der Waals surface area contributed by atoms with Crippen molar-refractivity contribution < 1.29 is 9.90 Å². The van der Waals surface area contributed by atoms with Gasteiger partial charge in [-0.15, -0.1) is 11.6 Å². The number of hydrogen-bond donors (Lipinski definition) is 2. The number of nitrogens with one attached hydrogen (secondary N) is 1. The summed E-state index contributed by atoms with van der Waals surface area (Å²) in [4.78, 5) is 14.5. The maximum Gasteiger partial charge on any atom is 0.232 e. The standard InChI is InChI=1S/C17H25ClN2O2/c1-17(2,3)16(22)20-8-4-5-12-9-13(6-7-15(12)20)19-11-14(21)10-18/h6-7,9,14,19,21H,4-5,8,10-11H2,1-3H3. The molecule has 0 saturated heterocycles. The van der Waals surface area contributed by atoms with Crippen LogP contribution < -0.4 is 10.2 Å². The van der Waals surface area contributed by atoms with Gasteiger partial charge in [0.2, 0.25) is 5.91 Å². The van der Waals surface area contributed by atoms with Crippen molar-refractivity contribution in [2.75, 3.05) is 29.2 Å². The molecule has 5 heteroatoms. The number of aryl methyl sites for hydroxylation is 1. The van der Waals surface area contributed by atoms with Crippen LogP contribution in [-0.2, 0) is 11.2 Å². The molecule has 22 heavy (non-hydrogen) atoms. The molecule has 1 aromatic carbocycles.